The van der Waals surface area contributed by atoms with Crippen molar-refractivity contribution < 1.29 is 4.74 Å². The Bertz CT molecular complexity index is 628. The molecule has 0 amide bonds. The van der Waals surface area contributed by atoms with Crippen LogP contribution in [0.4, 0.5) is 11.4 Å². The first-order chi connectivity index (χ1) is 10.1. The lowest BCUT2D eigenvalue weighted by atomic mass is 10.1. The molecule has 1 unspecified atom stereocenters. The standard InChI is InChI=1S/C17H20N2OS/c1-3-12(2)20-14-8-6-7-13(11-14)19-16-10-5-4-9-15(16)17(18)21/h4-12,19H,3H2,1-2H3,(H2,18,21). The van der Waals surface area contributed by atoms with E-state index in [1.807, 2.05) is 48.5 Å². The summed E-state index contributed by atoms with van der Waals surface area (Å²) in [5.74, 6) is 0.849. The van der Waals surface area contributed by atoms with Crippen molar-refractivity contribution in [3.8, 4) is 5.75 Å². The van der Waals surface area contributed by atoms with E-state index in [1.54, 1.807) is 0 Å². The van der Waals surface area contributed by atoms with E-state index in [9.17, 15) is 0 Å². The van der Waals surface area contributed by atoms with Crippen LogP contribution in [0.3, 0.4) is 0 Å². The zero-order valence-corrected chi connectivity index (χ0v) is 13.1. The van der Waals surface area contributed by atoms with Crippen LogP contribution in [0.25, 0.3) is 0 Å². The molecule has 0 spiro atoms. The van der Waals surface area contributed by atoms with Crippen molar-refractivity contribution in [3.63, 3.8) is 0 Å². The fourth-order valence-corrected chi connectivity index (χ4v) is 2.10. The molecule has 0 aromatic heterocycles. The summed E-state index contributed by atoms with van der Waals surface area (Å²) in [5, 5.41) is 3.34. The van der Waals surface area contributed by atoms with Crippen LogP contribution in [0.5, 0.6) is 5.75 Å². The number of thiocarbonyl (C=S) groups is 1. The number of para-hydroxylation sites is 1. The number of rotatable bonds is 6. The van der Waals surface area contributed by atoms with E-state index in [1.165, 1.54) is 0 Å². The second-order valence-electron chi connectivity index (χ2n) is 4.90. The maximum Gasteiger partial charge on any atom is 0.121 e. The van der Waals surface area contributed by atoms with Gasteiger partial charge in [-0.1, -0.05) is 37.3 Å². The Morgan fingerprint density at radius 1 is 1.24 bits per heavy atom. The first-order valence-corrected chi connectivity index (χ1v) is 7.43. The van der Waals surface area contributed by atoms with Gasteiger partial charge in [-0.2, -0.15) is 0 Å². The van der Waals surface area contributed by atoms with Gasteiger partial charge in [0.25, 0.3) is 0 Å². The fourth-order valence-electron chi connectivity index (χ4n) is 1.93. The third kappa shape index (κ3) is 4.20. The lowest BCUT2D eigenvalue weighted by Crippen LogP contribution is -2.12. The molecule has 0 heterocycles. The highest BCUT2D eigenvalue weighted by Crippen LogP contribution is 2.24. The molecule has 0 bridgehead atoms. The first-order valence-electron chi connectivity index (χ1n) is 7.02. The van der Waals surface area contributed by atoms with Gasteiger partial charge in [-0.25, -0.2) is 0 Å². The van der Waals surface area contributed by atoms with Crippen LogP contribution in [0, 0.1) is 0 Å². The van der Waals surface area contributed by atoms with Crippen LogP contribution in [-0.2, 0) is 0 Å². The summed E-state index contributed by atoms with van der Waals surface area (Å²) in [7, 11) is 0. The summed E-state index contributed by atoms with van der Waals surface area (Å²) < 4.78 is 5.83. The highest BCUT2D eigenvalue weighted by Gasteiger charge is 2.06. The molecular formula is C17H20N2OS. The smallest absolute Gasteiger partial charge is 0.121 e. The zero-order chi connectivity index (χ0) is 15.2. The van der Waals surface area contributed by atoms with E-state index in [0.717, 1.165) is 29.1 Å². The van der Waals surface area contributed by atoms with Gasteiger partial charge < -0.3 is 15.8 Å². The van der Waals surface area contributed by atoms with Crippen LogP contribution in [0.15, 0.2) is 48.5 Å². The Morgan fingerprint density at radius 2 is 2.00 bits per heavy atom. The highest BCUT2D eigenvalue weighted by molar-refractivity contribution is 7.80. The molecule has 0 aliphatic heterocycles. The second kappa shape index (κ2) is 7.09. The van der Waals surface area contributed by atoms with Crippen molar-refractivity contribution in [2.24, 2.45) is 5.73 Å². The number of nitrogens with one attached hydrogen (secondary N) is 1. The summed E-state index contributed by atoms with van der Waals surface area (Å²) in [6, 6.07) is 15.6. The van der Waals surface area contributed by atoms with Gasteiger partial charge in [0.05, 0.1) is 6.10 Å². The molecule has 0 saturated heterocycles. The van der Waals surface area contributed by atoms with Gasteiger partial charge in [-0.05, 0) is 37.6 Å². The summed E-state index contributed by atoms with van der Waals surface area (Å²) in [6.45, 7) is 4.16. The largest absolute Gasteiger partial charge is 0.491 e. The van der Waals surface area contributed by atoms with Gasteiger partial charge in [0, 0.05) is 23.0 Å². The van der Waals surface area contributed by atoms with Crippen molar-refractivity contribution in [2.75, 3.05) is 5.32 Å². The molecule has 0 radical (unpaired) electrons. The van der Waals surface area contributed by atoms with Crippen molar-refractivity contribution in [1.29, 1.82) is 0 Å². The van der Waals surface area contributed by atoms with Crippen LogP contribution in [0.1, 0.15) is 25.8 Å². The number of ether oxygens (including phenoxy) is 1. The first kappa shape index (κ1) is 15.3. The molecule has 1 atom stereocenters. The SMILES string of the molecule is CCC(C)Oc1cccc(Nc2ccccc2C(N)=S)c1. The molecule has 0 fully saturated rings. The topological polar surface area (TPSA) is 47.3 Å². The summed E-state index contributed by atoms with van der Waals surface area (Å²) in [4.78, 5) is 0.380. The second-order valence-corrected chi connectivity index (χ2v) is 5.34. The predicted octanol–water partition coefficient (Wildman–Crippen LogP) is 4.24. The van der Waals surface area contributed by atoms with Crippen LogP contribution in [0.2, 0.25) is 0 Å². The number of hydrogen-bond acceptors (Lipinski definition) is 3. The third-order valence-corrected chi connectivity index (χ3v) is 3.44. The maximum absolute atomic E-state index is 5.83. The summed E-state index contributed by atoms with van der Waals surface area (Å²) >= 11 is 5.08. The zero-order valence-electron chi connectivity index (χ0n) is 12.3. The molecule has 2 rings (SSSR count). The van der Waals surface area contributed by atoms with Gasteiger partial charge in [0.1, 0.15) is 10.7 Å². The normalized spacial score (nSPS) is 11.7. The van der Waals surface area contributed by atoms with Crippen molar-refractivity contribution in [2.45, 2.75) is 26.4 Å². The Kier molecular flexibility index (Phi) is 5.17. The lowest BCUT2D eigenvalue weighted by Gasteiger charge is -2.15. The van der Waals surface area contributed by atoms with Crippen molar-refractivity contribution >= 4 is 28.6 Å². The summed E-state index contributed by atoms with van der Waals surface area (Å²) in [6.07, 6.45) is 1.17. The molecule has 0 aliphatic rings. The number of anilines is 2. The minimum atomic E-state index is 0.198. The Labute approximate surface area is 131 Å². The highest BCUT2D eigenvalue weighted by atomic mass is 32.1. The number of hydrogen-bond donors (Lipinski definition) is 2. The maximum atomic E-state index is 5.83. The van der Waals surface area contributed by atoms with E-state index in [2.05, 4.69) is 19.2 Å². The quantitative estimate of drug-likeness (QED) is 0.783. The van der Waals surface area contributed by atoms with E-state index in [4.69, 9.17) is 22.7 Å². The molecule has 0 aliphatic carbocycles. The lowest BCUT2D eigenvalue weighted by molar-refractivity contribution is 0.217. The molecule has 3 nitrogen and oxygen atoms in total. The van der Waals surface area contributed by atoms with Gasteiger partial charge in [-0.15, -0.1) is 0 Å². The number of nitrogens with two attached hydrogens (primary N) is 1. The molecule has 4 heteroatoms. The molecule has 110 valence electrons. The fraction of sp³-hybridized carbons (Fsp3) is 0.235. The van der Waals surface area contributed by atoms with Gasteiger partial charge >= 0.3 is 0 Å². The Morgan fingerprint density at radius 3 is 2.71 bits per heavy atom. The third-order valence-electron chi connectivity index (χ3n) is 3.22. The monoisotopic (exact) mass is 300 g/mol. The van der Waals surface area contributed by atoms with Gasteiger partial charge in [-0.3, -0.25) is 0 Å². The molecule has 21 heavy (non-hydrogen) atoms. The van der Waals surface area contributed by atoms with Crippen molar-refractivity contribution in [3.05, 3.63) is 54.1 Å². The Hall–Kier alpha value is -2.07. The van der Waals surface area contributed by atoms with Gasteiger partial charge in [0.2, 0.25) is 0 Å². The molecule has 0 saturated carbocycles. The van der Waals surface area contributed by atoms with Crippen LogP contribution in [-0.4, -0.2) is 11.1 Å². The van der Waals surface area contributed by atoms with Gasteiger partial charge in [0.15, 0.2) is 0 Å². The molecule has 2 aromatic rings. The molecule has 2 aromatic carbocycles. The minimum absolute atomic E-state index is 0.198. The predicted molar refractivity (Wildman–Crippen MR) is 92.4 cm³/mol. The minimum Gasteiger partial charge on any atom is -0.491 e. The average Bonchev–Trinajstić information content (AvgIpc) is 2.48. The molecule has 3 N–H and O–H groups in total. The molecular weight excluding hydrogens is 280 g/mol. The van der Waals surface area contributed by atoms with Crippen LogP contribution < -0.4 is 15.8 Å². The average molecular weight is 300 g/mol. The van der Waals surface area contributed by atoms with Crippen molar-refractivity contribution in [1.82, 2.24) is 0 Å². The number of benzene rings is 2. The van der Waals surface area contributed by atoms with E-state index in [0.29, 0.717) is 4.99 Å². The van der Waals surface area contributed by atoms with Crippen LogP contribution >= 0.6 is 12.2 Å². The summed E-state index contributed by atoms with van der Waals surface area (Å²) in [5.41, 5.74) is 8.42. The van der Waals surface area contributed by atoms with E-state index in [-0.39, 0.29) is 6.10 Å². The van der Waals surface area contributed by atoms with E-state index < -0.39 is 0 Å². The Balaban J connectivity index is 2.20. The van der Waals surface area contributed by atoms with E-state index >= 15 is 0 Å².